The van der Waals surface area contributed by atoms with Gasteiger partial charge in [0.2, 0.25) is 0 Å². The fourth-order valence-electron chi connectivity index (χ4n) is 2.70. The van der Waals surface area contributed by atoms with Crippen LogP contribution in [0.1, 0.15) is 25.7 Å². The third-order valence-electron chi connectivity index (χ3n) is 3.75. The highest BCUT2D eigenvalue weighted by molar-refractivity contribution is 7.80. The molecule has 0 bridgehead atoms. The molecule has 0 aromatic heterocycles. The molecule has 1 saturated heterocycles. The van der Waals surface area contributed by atoms with Crippen molar-refractivity contribution < 1.29 is 13.2 Å². The van der Waals surface area contributed by atoms with E-state index in [-0.39, 0.29) is 0 Å². The Hall–Kier alpha value is -0.560. The van der Waals surface area contributed by atoms with E-state index in [0.717, 1.165) is 12.8 Å². The van der Waals surface area contributed by atoms with Crippen molar-refractivity contribution in [3.8, 4) is 0 Å². The summed E-state index contributed by atoms with van der Waals surface area (Å²) in [5.74, 6) is 0. The molecule has 1 heterocycles. The van der Waals surface area contributed by atoms with Gasteiger partial charge >= 0.3 is 6.18 Å². The predicted octanol–water partition coefficient (Wildman–Crippen LogP) is 1.98. The quantitative estimate of drug-likeness (QED) is 0.785. The van der Waals surface area contributed by atoms with Gasteiger partial charge in [-0.2, -0.15) is 13.2 Å². The van der Waals surface area contributed by atoms with Gasteiger partial charge in [0.05, 0.1) is 6.54 Å². The van der Waals surface area contributed by atoms with E-state index in [0.29, 0.717) is 37.3 Å². The average Bonchev–Trinajstić information content (AvgIpc) is 2.80. The fraction of sp³-hybridized carbons (Fsp3) is 0.917. The lowest BCUT2D eigenvalue weighted by Gasteiger charge is -2.37. The van der Waals surface area contributed by atoms with Crippen LogP contribution in [0.15, 0.2) is 0 Å². The molecule has 7 heteroatoms. The summed E-state index contributed by atoms with van der Waals surface area (Å²) in [7, 11) is 0. The second-order valence-corrected chi connectivity index (χ2v) is 5.70. The molecule has 0 spiro atoms. The molecule has 2 aliphatic rings. The van der Waals surface area contributed by atoms with Crippen molar-refractivity contribution >= 4 is 17.3 Å². The Balaban J connectivity index is 1.71. The van der Waals surface area contributed by atoms with E-state index in [2.05, 4.69) is 5.32 Å². The van der Waals surface area contributed by atoms with Gasteiger partial charge in [0.1, 0.15) is 0 Å². The summed E-state index contributed by atoms with van der Waals surface area (Å²) in [5.41, 5.74) is 0. The maximum Gasteiger partial charge on any atom is 0.401 e. The third kappa shape index (κ3) is 4.80. The largest absolute Gasteiger partial charge is 0.401 e. The van der Waals surface area contributed by atoms with Crippen LogP contribution in [-0.4, -0.2) is 59.9 Å². The van der Waals surface area contributed by atoms with Crippen LogP contribution in [0.5, 0.6) is 0 Å². The number of nitrogens with one attached hydrogen (secondary N) is 1. The van der Waals surface area contributed by atoms with E-state index in [1.54, 1.807) is 0 Å². The second-order valence-electron chi connectivity index (χ2n) is 5.31. The summed E-state index contributed by atoms with van der Waals surface area (Å²) in [5, 5.41) is 4.04. The van der Waals surface area contributed by atoms with Crippen molar-refractivity contribution in [3.63, 3.8) is 0 Å². The highest BCUT2D eigenvalue weighted by Gasteiger charge is 2.32. The maximum atomic E-state index is 12.3. The molecular formula is C12H20F3N3S. The third-order valence-corrected chi connectivity index (χ3v) is 4.12. The van der Waals surface area contributed by atoms with E-state index < -0.39 is 12.7 Å². The SMILES string of the molecule is FC(F)(F)CN1CCN(C(=S)NC2CCCC2)CC1. The van der Waals surface area contributed by atoms with E-state index in [4.69, 9.17) is 12.2 Å². The minimum Gasteiger partial charge on any atom is -0.360 e. The molecule has 19 heavy (non-hydrogen) atoms. The molecule has 1 aliphatic heterocycles. The van der Waals surface area contributed by atoms with Crippen molar-refractivity contribution in [2.75, 3.05) is 32.7 Å². The first-order chi connectivity index (χ1) is 8.94. The molecule has 1 saturated carbocycles. The second kappa shape index (κ2) is 6.26. The minimum atomic E-state index is -4.11. The van der Waals surface area contributed by atoms with Gasteiger partial charge in [-0.25, -0.2) is 0 Å². The first kappa shape index (κ1) is 14.8. The zero-order chi connectivity index (χ0) is 13.9. The summed E-state index contributed by atoms with van der Waals surface area (Å²) in [4.78, 5) is 3.43. The Labute approximate surface area is 117 Å². The maximum absolute atomic E-state index is 12.3. The Kier molecular flexibility index (Phi) is 4.89. The molecule has 0 aromatic rings. The molecule has 2 fully saturated rings. The van der Waals surface area contributed by atoms with Crippen molar-refractivity contribution in [3.05, 3.63) is 0 Å². The van der Waals surface area contributed by atoms with E-state index >= 15 is 0 Å². The summed E-state index contributed by atoms with van der Waals surface area (Å²) >= 11 is 5.33. The normalized spacial score (nSPS) is 22.8. The standard InChI is InChI=1S/C12H20F3N3S/c13-12(14,15)9-17-5-7-18(8-6-17)11(19)16-10-3-1-2-4-10/h10H,1-9H2,(H,16,19). The van der Waals surface area contributed by atoms with Gasteiger partial charge in [-0.15, -0.1) is 0 Å². The van der Waals surface area contributed by atoms with E-state index in [9.17, 15) is 13.2 Å². The molecule has 1 N–H and O–H groups in total. The molecule has 2 rings (SSSR count). The molecule has 110 valence electrons. The number of hydrogen-bond donors (Lipinski definition) is 1. The Morgan fingerprint density at radius 2 is 1.68 bits per heavy atom. The summed E-state index contributed by atoms with van der Waals surface area (Å²) in [6.45, 7) is 1.19. The van der Waals surface area contributed by atoms with Gasteiger partial charge in [-0.3, -0.25) is 4.90 Å². The number of alkyl halides is 3. The molecule has 0 radical (unpaired) electrons. The van der Waals surface area contributed by atoms with Gasteiger partial charge in [-0.1, -0.05) is 12.8 Å². The fourth-order valence-corrected chi connectivity index (χ4v) is 3.05. The Morgan fingerprint density at radius 3 is 2.21 bits per heavy atom. The Bertz CT molecular complexity index is 308. The van der Waals surface area contributed by atoms with Gasteiger partial charge in [0.15, 0.2) is 5.11 Å². The monoisotopic (exact) mass is 295 g/mol. The van der Waals surface area contributed by atoms with E-state index in [1.807, 2.05) is 4.90 Å². The molecule has 1 aliphatic carbocycles. The van der Waals surface area contributed by atoms with Crippen molar-refractivity contribution in [2.45, 2.75) is 37.9 Å². The van der Waals surface area contributed by atoms with Crippen molar-refractivity contribution in [2.24, 2.45) is 0 Å². The lowest BCUT2D eigenvalue weighted by atomic mass is 10.2. The molecule has 0 amide bonds. The van der Waals surface area contributed by atoms with Crippen LogP contribution in [0, 0.1) is 0 Å². The molecule has 0 unspecified atom stereocenters. The highest BCUT2D eigenvalue weighted by atomic mass is 32.1. The van der Waals surface area contributed by atoms with Gasteiger partial charge in [0, 0.05) is 32.2 Å². The number of thiocarbonyl (C=S) groups is 1. The molecule has 3 nitrogen and oxygen atoms in total. The number of halogens is 3. The van der Waals surface area contributed by atoms with Crippen LogP contribution in [-0.2, 0) is 0 Å². The number of rotatable bonds is 2. The Morgan fingerprint density at radius 1 is 1.11 bits per heavy atom. The van der Waals surface area contributed by atoms with Crippen molar-refractivity contribution in [1.29, 1.82) is 0 Å². The van der Waals surface area contributed by atoms with Crippen LogP contribution in [0.2, 0.25) is 0 Å². The van der Waals surface area contributed by atoms with Gasteiger partial charge in [0.25, 0.3) is 0 Å². The zero-order valence-electron chi connectivity index (χ0n) is 10.9. The zero-order valence-corrected chi connectivity index (χ0v) is 11.7. The van der Waals surface area contributed by atoms with Gasteiger partial charge in [-0.05, 0) is 25.1 Å². The lowest BCUT2D eigenvalue weighted by molar-refractivity contribution is -0.148. The van der Waals surface area contributed by atoms with Crippen molar-refractivity contribution in [1.82, 2.24) is 15.1 Å². The van der Waals surface area contributed by atoms with E-state index in [1.165, 1.54) is 17.7 Å². The first-order valence-electron chi connectivity index (χ1n) is 6.78. The number of piperazine rings is 1. The average molecular weight is 295 g/mol. The first-order valence-corrected chi connectivity index (χ1v) is 7.19. The number of hydrogen-bond acceptors (Lipinski definition) is 2. The molecular weight excluding hydrogens is 275 g/mol. The smallest absolute Gasteiger partial charge is 0.360 e. The minimum absolute atomic E-state index is 0.423. The predicted molar refractivity (Wildman–Crippen MR) is 72.1 cm³/mol. The molecule has 0 atom stereocenters. The molecule has 0 aromatic carbocycles. The summed E-state index contributed by atoms with van der Waals surface area (Å²) in [6, 6.07) is 0.459. The topological polar surface area (TPSA) is 18.5 Å². The number of nitrogens with zero attached hydrogens (tertiary/aromatic N) is 2. The van der Waals surface area contributed by atoms with Crippen LogP contribution < -0.4 is 5.32 Å². The van der Waals surface area contributed by atoms with Gasteiger partial charge < -0.3 is 10.2 Å². The van der Waals surface area contributed by atoms with Crippen LogP contribution in [0.25, 0.3) is 0 Å². The summed E-state index contributed by atoms with van der Waals surface area (Å²) < 4.78 is 36.8. The summed E-state index contributed by atoms with van der Waals surface area (Å²) in [6.07, 6.45) is 0.659. The van der Waals surface area contributed by atoms with Crippen LogP contribution >= 0.6 is 12.2 Å². The van der Waals surface area contributed by atoms with Crippen LogP contribution in [0.3, 0.4) is 0 Å². The highest BCUT2D eigenvalue weighted by Crippen LogP contribution is 2.19. The lowest BCUT2D eigenvalue weighted by Crippen LogP contribution is -2.54. The van der Waals surface area contributed by atoms with Crippen LogP contribution in [0.4, 0.5) is 13.2 Å².